The molecule has 0 bridgehead atoms. The van der Waals surface area contributed by atoms with Crippen LogP contribution in [0.3, 0.4) is 0 Å². The van der Waals surface area contributed by atoms with Crippen molar-refractivity contribution in [2.75, 3.05) is 0 Å². The van der Waals surface area contributed by atoms with E-state index in [2.05, 4.69) is 4.98 Å². The van der Waals surface area contributed by atoms with Gasteiger partial charge in [0.25, 0.3) is 0 Å². The van der Waals surface area contributed by atoms with Gasteiger partial charge < -0.3 is 4.98 Å². The van der Waals surface area contributed by atoms with E-state index in [0.717, 1.165) is 5.52 Å². The molecule has 0 aliphatic carbocycles. The number of rotatable bonds is 1. The Balaban J connectivity index is 2.46. The van der Waals surface area contributed by atoms with Crippen LogP contribution in [0.1, 0.15) is 0 Å². The van der Waals surface area contributed by atoms with Gasteiger partial charge in [0, 0.05) is 6.07 Å². The summed E-state index contributed by atoms with van der Waals surface area (Å²) in [6.45, 7) is 0. The molecular formula is C13H7Cl2FN2S. The first-order chi connectivity index (χ1) is 9.08. The van der Waals surface area contributed by atoms with Crippen molar-refractivity contribution in [1.82, 2.24) is 9.55 Å². The Labute approximate surface area is 123 Å². The van der Waals surface area contributed by atoms with Crippen molar-refractivity contribution in [2.24, 2.45) is 0 Å². The first-order valence-electron chi connectivity index (χ1n) is 5.42. The van der Waals surface area contributed by atoms with Gasteiger partial charge in [-0.05, 0) is 36.5 Å². The Kier molecular flexibility index (Phi) is 3.09. The van der Waals surface area contributed by atoms with Gasteiger partial charge in [0.15, 0.2) is 4.77 Å². The lowest BCUT2D eigenvalue weighted by Crippen LogP contribution is -1.96. The molecule has 0 amide bonds. The van der Waals surface area contributed by atoms with Gasteiger partial charge >= 0.3 is 0 Å². The number of H-pyrrole nitrogens is 1. The molecule has 19 heavy (non-hydrogen) atoms. The molecular weight excluding hydrogens is 306 g/mol. The van der Waals surface area contributed by atoms with Crippen LogP contribution in [-0.4, -0.2) is 9.55 Å². The largest absolute Gasteiger partial charge is 0.330 e. The fourth-order valence-electron chi connectivity index (χ4n) is 2.00. The molecule has 2 aromatic carbocycles. The van der Waals surface area contributed by atoms with Gasteiger partial charge in [-0.2, -0.15) is 0 Å². The molecule has 96 valence electrons. The lowest BCUT2D eigenvalue weighted by molar-refractivity contribution is 0.629. The van der Waals surface area contributed by atoms with E-state index in [-0.39, 0.29) is 5.82 Å². The van der Waals surface area contributed by atoms with E-state index in [0.29, 0.717) is 26.0 Å². The van der Waals surface area contributed by atoms with Crippen LogP contribution >= 0.6 is 35.4 Å². The summed E-state index contributed by atoms with van der Waals surface area (Å²) in [4.78, 5) is 3.00. The second kappa shape index (κ2) is 4.63. The van der Waals surface area contributed by atoms with Crippen LogP contribution in [0.2, 0.25) is 10.0 Å². The summed E-state index contributed by atoms with van der Waals surface area (Å²) < 4.78 is 15.5. The van der Waals surface area contributed by atoms with E-state index in [1.165, 1.54) is 12.1 Å². The van der Waals surface area contributed by atoms with E-state index in [9.17, 15) is 4.39 Å². The van der Waals surface area contributed by atoms with Gasteiger partial charge in [0.2, 0.25) is 0 Å². The molecule has 0 atom stereocenters. The van der Waals surface area contributed by atoms with Gasteiger partial charge in [0.05, 0.1) is 26.8 Å². The van der Waals surface area contributed by atoms with Crippen LogP contribution in [0.15, 0.2) is 36.4 Å². The van der Waals surface area contributed by atoms with Crippen molar-refractivity contribution in [3.05, 3.63) is 57.0 Å². The van der Waals surface area contributed by atoms with Gasteiger partial charge in [-0.15, -0.1) is 0 Å². The summed E-state index contributed by atoms with van der Waals surface area (Å²) in [5.74, 6) is -0.349. The number of nitrogens with zero attached hydrogens (tertiary/aromatic N) is 1. The van der Waals surface area contributed by atoms with E-state index >= 15 is 0 Å². The second-order valence-electron chi connectivity index (χ2n) is 4.00. The zero-order chi connectivity index (χ0) is 13.6. The molecule has 1 aromatic heterocycles. The normalized spacial score (nSPS) is 11.1. The van der Waals surface area contributed by atoms with Crippen molar-refractivity contribution in [2.45, 2.75) is 0 Å². The molecule has 2 nitrogen and oxygen atoms in total. The van der Waals surface area contributed by atoms with Crippen LogP contribution in [0, 0.1) is 10.6 Å². The number of benzene rings is 2. The highest BCUT2D eigenvalue weighted by Crippen LogP contribution is 2.31. The molecule has 3 rings (SSSR count). The maximum absolute atomic E-state index is 13.4. The lowest BCUT2D eigenvalue weighted by Gasteiger charge is -2.09. The third-order valence-corrected chi connectivity index (χ3v) is 3.70. The first kappa shape index (κ1) is 12.7. The van der Waals surface area contributed by atoms with Gasteiger partial charge in [0.1, 0.15) is 5.82 Å². The average Bonchev–Trinajstić information content (AvgIpc) is 2.66. The Morgan fingerprint density at radius 3 is 2.47 bits per heavy atom. The smallest absolute Gasteiger partial charge is 0.182 e. The third kappa shape index (κ3) is 2.06. The van der Waals surface area contributed by atoms with Crippen molar-refractivity contribution in [1.29, 1.82) is 0 Å². The minimum Gasteiger partial charge on any atom is -0.330 e. The van der Waals surface area contributed by atoms with E-state index in [1.807, 2.05) is 0 Å². The second-order valence-corrected chi connectivity index (χ2v) is 5.20. The molecule has 0 saturated carbocycles. The lowest BCUT2D eigenvalue weighted by atomic mass is 10.2. The molecule has 0 aliphatic heterocycles. The highest BCUT2D eigenvalue weighted by molar-refractivity contribution is 7.71. The summed E-state index contributed by atoms with van der Waals surface area (Å²) in [7, 11) is 0. The van der Waals surface area contributed by atoms with E-state index < -0.39 is 0 Å². The van der Waals surface area contributed by atoms with E-state index in [1.54, 1.807) is 28.8 Å². The van der Waals surface area contributed by atoms with Crippen molar-refractivity contribution >= 4 is 46.5 Å². The predicted molar refractivity (Wildman–Crippen MR) is 78.4 cm³/mol. The van der Waals surface area contributed by atoms with Crippen molar-refractivity contribution < 1.29 is 4.39 Å². The highest BCUT2D eigenvalue weighted by Gasteiger charge is 2.13. The molecule has 0 radical (unpaired) electrons. The summed E-state index contributed by atoms with van der Waals surface area (Å²) in [6.07, 6.45) is 0. The number of imidazole rings is 1. The van der Waals surface area contributed by atoms with Crippen LogP contribution in [0.25, 0.3) is 16.7 Å². The van der Waals surface area contributed by atoms with Crippen molar-refractivity contribution in [3.8, 4) is 5.69 Å². The number of fused-ring (bicyclic) bond motifs is 1. The molecule has 3 aromatic rings. The SMILES string of the molecule is Fc1ccc2[nH]c(=S)n(-c3c(Cl)cccc3Cl)c2c1. The maximum atomic E-state index is 13.4. The Morgan fingerprint density at radius 1 is 1.11 bits per heavy atom. The van der Waals surface area contributed by atoms with Crippen LogP contribution in [-0.2, 0) is 0 Å². The Bertz CT molecular complexity index is 818. The number of nitrogens with one attached hydrogen (secondary N) is 1. The molecule has 1 N–H and O–H groups in total. The molecule has 1 heterocycles. The third-order valence-electron chi connectivity index (χ3n) is 2.81. The summed E-state index contributed by atoms with van der Waals surface area (Å²) in [6, 6.07) is 9.55. The zero-order valence-electron chi connectivity index (χ0n) is 9.45. The molecule has 6 heteroatoms. The van der Waals surface area contributed by atoms with E-state index in [4.69, 9.17) is 35.4 Å². The number of hydrogen-bond donors (Lipinski definition) is 1. The van der Waals surface area contributed by atoms with Gasteiger partial charge in [-0.25, -0.2) is 4.39 Å². The molecule has 0 saturated heterocycles. The predicted octanol–water partition coefficient (Wildman–Crippen LogP) is 5.13. The fourth-order valence-corrected chi connectivity index (χ4v) is 2.87. The van der Waals surface area contributed by atoms with Crippen LogP contribution in [0.4, 0.5) is 4.39 Å². The minimum atomic E-state index is -0.349. The first-order valence-corrected chi connectivity index (χ1v) is 6.59. The zero-order valence-corrected chi connectivity index (χ0v) is 11.8. The topological polar surface area (TPSA) is 20.7 Å². The monoisotopic (exact) mass is 312 g/mol. The van der Waals surface area contributed by atoms with Crippen LogP contribution in [0.5, 0.6) is 0 Å². The number of halogens is 3. The summed E-state index contributed by atoms with van der Waals surface area (Å²) in [5, 5.41) is 0.905. The number of para-hydroxylation sites is 1. The van der Waals surface area contributed by atoms with Gasteiger partial charge in [-0.1, -0.05) is 29.3 Å². The molecule has 0 spiro atoms. The fraction of sp³-hybridized carbons (Fsp3) is 0. The summed E-state index contributed by atoms with van der Waals surface area (Å²) in [5.41, 5.74) is 1.87. The molecule has 0 unspecified atom stereocenters. The number of aromatic amines is 1. The van der Waals surface area contributed by atoms with Gasteiger partial charge in [-0.3, -0.25) is 4.57 Å². The number of hydrogen-bond acceptors (Lipinski definition) is 1. The average molecular weight is 313 g/mol. The quantitative estimate of drug-likeness (QED) is 0.617. The maximum Gasteiger partial charge on any atom is 0.182 e. The molecule has 0 aliphatic rings. The summed E-state index contributed by atoms with van der Waals surface area (Å²) >= 11 is 17.6. The molecule has 0 fully saturated rings. The minimum absolute atomic E-state index is 0.349. The Hall–Kier alpha value is -1.36. The number of aromatic nitrogens is 2. The van der Waals surface area contributed by atoms with Crippen molar-refractivity contribution in [3.63, 3.8) is 0 Å². The highest BCUT2D eigenvalue weighted by atomic mass is 35.5. The standard InChI is InChI=1S/C13H7Cl2FN2S/c14-8-2-1-3-9(15)12(8)18-11-6-7(16)4-5-10(11)17-13(18)19/h1-6H,(H,17,19). The Morgan fingerprint density at radius 2 is 1.79 bits per heavy atom. The van der Waals surface area contributed by atoms with Crippen LogP contribution < -0.4 is 0 Å².